The fourth-order valence-corrected chi connectivity index (χ4v) is 2.51. The molecule has 2 aromatic rings. The lowest BCUT2D eigenvalue weighted by Crippen LogP contribution is -2.20. The van der Waals surface area contributed by atoms with Gasteiger partial charge in [-0.15, -0.1) is 0 Å². The Morgan fingerprint density at radius 3 is 2.70 bits per heavy atom. The number of fused-ring (bicyclic) bond motifs is 1. The summed E-state index contributed by atoms with van der Waals surface area (Å²) in [5, 5.41) is 8.81. The van der Waals surface area contributed by atoms with Crippen LogP contribution in [0.15, 0.2) is 17.1 Å². The second kappa shape index (κ2) is 5.62. The number of benzene rings is 1. The molecule has 0 aliphatic heterocycles. The third-order valence-electron chi connectivity index (χ3n) is 3.70. The normalized spacial score (nSPS) is 14.2. The molecule has 122 valence electrons. The molecule has 0 atom stereocenters. The first-order valence-electron chi connectivity index (χ1n) is 7.08. The first kappa shape index (κ1) is 15.4. The van der Waals surface area contributed by atoms with Gasteiger partial charge in [-0.05, 0) is 18.9 Å². The molecule has 0 bridgehead atoms. The molecule has 0 amide bonds. The summed E-state index contributed by atoms with van der Waals surface area (Å²) in [7, 11) is 0. The van der Waals surface area contributed by atoms with Gasteiger partial charge in [0.1, 0.15) is 12.2 Å². The number of hydrogen-bond acceptors (Lipinski definition) is 4. The maximum absolute atomic E-state index is 14.7. The van der Waals surface area contributed by atoms with Crippen LogP contribution in [0.4, 0.5) is 8.78 Å². The predicted molar refractivity (Wildman–Crippen MR) is 77.9 cm³/mol. The molecule has 0 radical (unpaired) electrons. The summed E-state index contributed by atoms with van der Waals surface area (Å²) in [6.07, 6.45) is 2.57. The molecule has 1 aliphatic rings. The van der Waals surface area contributed by atoms with E-state index < -0.39 is 34.3 Å². The van der Waals surface area contributed by atoms with Crippen molar-refractivity contribution in [3.63, 3.8) is 0 Å². The Morgan fingerprint density at radius 2 is 2.13 bits per heavy atom. The smallest absolute Gasteiger partial charge is 0.341 e. The molecule has 1 saturated carbocycles. The number of aromatic nitrogens is 1. The zero-order chi connectivity index (χ0) is 16.7. The van der Waals surface area contributed by atoms with Gasteiger partial charge in [-0.2, -0.15) is 0 Å². The van der Waals surface area contributed by atoms with Gasteiger partial charge in [0.2, 0.25) is 5.43 Å². The highest BCUT2D eigenvalue weighted by atomic mass is 19.1. The molecule has 6 nitrogen and oxygen atoms in total. The minimum absolute atomic E-state index is 0.0737. The second-order valence-electron chi connectivity index (χ2n) is 5.35. The van der Waals surface area contributed by atoms with E-state index in [1.807, 2.05) is 0 Å². The molecule has 1 heterocycles. The summed E-state index contributed by atoms with van der Waals surface area (Å²) in [4.78, 5) is 23.4. The standard InChI is InChI=1S/C15H14F2N2O4/c16-10-5-8-12(11(17)14(10)23-4-3-18)19(7-1-2-7)6-9(13(8)20)15(21)22/h5-7H,1-4,18H2,(H,21,22). The minimum Gasteiger partial charge on any atom is -0.486 e. The molecule has 0 spiro atoms. The summed E-state index contributed by atoms with van der Waals surface area (Å²) in [5.41, 5.74) is 3.68. The fourth-order valence-electron chi connectivity index (χ4n) is 2.51. The number of rotatable bonds is 5. The molecule has 0 unspecified atom stereocenters. The van der Waals surface area contributed by atoms with Crippen LogP contribution in [-0.2, 0) is 0 Å². The summed E-state index contributed by atoms with van der Waals surface area (Å²) in [5.74, 6) is -4.13. The van der Waals surface area contributed by atoms with E-state index in [0.29, 0.717) is 0 Å². The van der Waals surface area contributed by atoms with Gasteiger partial charge >= 0.3 is 5.97 Å². The number of carboxylic acid groups (broad SMARTS) is 1. The van der Waals surface area contributed by atoms with Gasteiger partial charge in [-0.3, -0.25) is 4.79 Å². The van der Waals surface area contributed by atoms with Gasteiger partial charge < -0.3 is 20.1 Å². The van der Waals surface area contributed by atoms with E-state index in [2.05, 4.69) is 0 Å². The molecule has 1 aliphatic carbocycles. The largest absolute Gasteiger partial charge is 0.486 e. The summed E-state index contributed by atoms with van der Waals surface area (Å²) in [6.45, 7) is -0.00941. The number of ether oxygens (including phenoxy) is 1. The van der Waals surface area contributed by atoms with E-state index >= 15 is 0 Å². The third-order valence-corrected chi connectivity index (χ3v) is 3.70. The highest BCUT2D eigenvalue weighted by Crippen LogP contribution is 2.39. The molecular formula is C15H14F2N2O4. The third kappa shape index (κ3) is 2.55. The van der Waals surface area contributed by atoms with Gasteiger partial charge in [0.25, 0.3) is 0 Å². The number of hydrogen-bond donors (Lipinski definition) is 2. The maximum Gasteiger partial charge on any atom is 0.341 e. The highest BCUT2D eigenvalue weighted by molar-refractivity contribution is 5.93. The molecule has 0 saturated heterocycles. The Morgan fingerprint density at radius 1 is 1.43 bits per heavy atom. The predicted octanol–water partition coefficient (Wildman–Crippen LogP) is 1.65. The summed E-state index contributed by atoms with van der Waals surface area (Å²) < 4.78 is 35.1. The lowest BCUT2D eigenvalue weighted by Gasteiger charge is -2.15. The number of aromatic carboxylic acids is 1. The van der Waals surface area contributed by atoms with Crippen molar-refractivity contribution in [1.82, 2.24) is 4.57 Å². The lowest BCUT2D eigenvalue weighted by molar-refractivity contribution is 0.0695. The van der Waals surface area contributed by atoms with Gasteiger partial charge in [0.15, 0.2) is 17.4 Å². The van der Waals surface area contributed by atoms with Crippen molar-refractivity contribution in [2.24, 2.45) is 5.73 Å². The Kier molecular flexibility index (Phi) is 3.77. The molecule has 1 aromatic heterocycles. The Hall–Kier alpha value is -2.48. The van der Waals surface area contributed by atoms with Gasteiger partial charge in [0.05, 0.1) is 10.9 Å². The van der Waals surface area contributed by atoms with Crippen molar-refractivity contribution >= 4 is 16.9 Å². The number of nitrogens with zero attached hydrogens (tertiary/aromatic N) is 1. The first-order chi connectivity index (χ1) is 11.0. The van der Waals surface area contributed by atoms with E-state index in [0.717, 1.165) is 25.1 Å². The lowest BCUT2D eigenvalue weighted by atomic mass is 10.1. The van der Waals surface area contributed by atoms with E-state index in [1.165, 1.54) is 4.57 Å². The van der Waals surface area contributed by atoms with Crippen molar-refractivity contribution in [3.8, 4) is 5.75 Å². The van der Waals surface area contributed by atoms with Crippen LogP contribution in [0.1, 0.15) is 29.2 Å². The van der Waals surface area contributed by atoms with Crippen LogP contribution in [0.2, 0.25) is 0 Å². The maximum atomic E-state index is 14.7. The second-order valence-corrected chi connectivity index (χ2v) is 5.35. The van der Waals surface area contributed by atoms with E-state index in [1.54, 1.807) is 0 Å². The zero-order valence-corrected chi connectivity index (χ0v) is 12.0. The van der Waals surface area contributed by atoms with Crippen molar-refractivity contribution in [2.75, 3.05) is 13.2 Å². The molecule has 23 heavy (non-hydrogen) atoms. The van der Waals surface area contributed by atoms with E-state index in [-0.39, 0.29) is 30.1 Å². The van der Waals surface area contributed by atoms with Crippen LogP contribution in [0.5, 0.6) is 5.75 Å². The van der Waals surface area contributed by atoms with Crippen LogP contribution in [0, 0.1) is 11.6 Å². The van der Waals surface area contributed by atoms with Crippen molar-refractivity contribution in [3.05, 3.63) is 39.7 Å². The molecule has 1 fully saturated rings. The molecular weight excluding hydrogens is 310 g/mol. The molecule has 3 N–H and O–H groups in total. The quantitative estimate of drug-likeness (QED) is 0.872. The zero-order valence-electron chi connectivity index (χ0n) is 12.0. The Bertz CT molecular complexity index is 859. The first-order valence-corrected chi connectivity index (χ1v) is 7.08. The number of halogens is 2. The molecule has 3 rings (SSSR count). The van der Waals surface area contributed by atoms with Gasteiger partial charge in [-0.1, -0.05) is 0 Å². The minimum atomic E-state index is -1.43. The van der Waals surface area contributed by atoms with Gasteiger partial charge in [0, 0.05) is 18.8 Å². The Labute approximate surface area is 129 Å². The Balaban J connectivity index is 2.35. The monoisotopic (exact) mass is 324 g/mol. The van der Waals surface area contributed by atoms with Crippen LogP contribution >= 0.6 is 0 Å². The topological polar surface area (TPSA) is 94.6 Å². The number of nitrogens with two attached hydrogens (primary N) is 1. The average Bonchev–Trinajstić information content (AvgIpc) is 3.32. The van der Waals surface area contributed by atoms with Crippen LogP contribution in [-0.4, -0.2) is 28.8 Å². The number of carbonyl (C=O) groups is 1. The summed E-state index contributed by atoms with van der Waals surface area (Å²) in [6, 6.07) is 0.705. The van der Waals surface area contributed by atoms with Crippen LogP contribution in [0.25, 0.3) is 10.9 Å². The SMILES string of the molecule is NCCOc1c(F)cc2c(=O)c(C(=O)O)cn(C3CC3)c2c1F. The van der Waals surface area contributed by atoms with Crippen molar-refractivity contribution in [2.45, 2.75) is 18.9 Å². The van der Waals surface area contributed by atoms with E-state index in [4.69, 9.17) is 15.6 Å². The van der Waals surface area contributed by atoms with E-state index in [9.17, 15) is 18.4 Å². The van der Waals surface area contributed by atoms with Crippen LogP contribution < -0.4 is 15.9 Å². The van der Waals surface area contributed by atoms with Crippen molar-refractivity contribution < 1.29 is 23.4 Å². The number of carboxylic acids is 1. The summed E-state index contributed by atoms with van der Waals surface area (Å²) >= 11 is 0. The molecule has 8 heteroatoms. The fraction of sp³-hybridized carbons (Fsp3) is 0.333. The number of pyridine rings is 1. The average molecular weight is 324 g/mol. The van der Waals surface area contributed by atoms with Crippen molar-refractivity contribution in [1.29, 1.82) is 0 Å². The van der Waals surface area contributed by atoms with Gasteiger partial charge in [-0.25, -0.2) is 13.6 Å². The van der Waals surface area contributed by atoms with Crippen LogP contribution in [0.3, 0.4) is 0 Å². The highest BCUT2D eigenvalue weighted by Gasteiger charge is 2.30. The molecule has 1 aromatic carbocycles.